The monoisotopic (exact) mass is 490 g/mol. The topological polar surface area (TPSA) is 26.3 Å². The Hall–Kier alpha value is -1.05. The summed E-state index contributed by atoms with van der Waals surface area (Å²) in [6, 6.07) is 0. The number of unbranched alkanes of at least 4 members (excludes halogenated alkanes) is 20. The van der Waals surface area contributed by atoms with Crippen molar-refractivity contribution in [2.75, 3.05) is 6.61 Å². The van der Waals surface area contributed by atoms with Crippen LogP contribution in [0.2, 0.25) is 0 Å². The summed E-state index contributed by atoms with van der Waals surface area (Å²) in [5.74, 6) is 0.00891. The number of rotatable bonds is 28. The van der Waals surface area contributed by atoms with Crippen LogP contribution in [0.25, 0.3) is 0 Å². The Morgan fingerprint density at radius 3 is 1.46 bits per heavy atom. The molecule has 2 heteroatoms. The average Bonchev–Trinajstić information content (AvgIpc) is 2.86. The molecule has 0 aliphatic heterocycles. The van der Waals surface area contributed by atoms with Crippen molar-refractivity contribution in [1.82, 2.24) is 0 Å². The first kappa shape index (κ1) is 34.0. The maximum atomic E-state index is 11.9. The summed E-state index contributed by atoms with van der Waals surface area (Å²) in [4.78, 5) is 11.9. The maximum Gasteiger partial charge on any atom is 0.305 e. The zero-order chi connectivity index (χ0) is 25.5. The fourth-order valence-electron chi connectivity index (χ4n) is 4.45. The Balaban J connectivity index is 3.22. The average molecular weight is 491 g/mol. The molecule has 0 N–H and O–H groups in total. The number of hydrogen-bond acceptors (Lipinski definition) is 2. The smallest absolute Gasteiger partial charge is 0.305 e. The molecule has 0 aromatic rings. The normalized spacial score (nSPS) is 11.7. The van der Waals surface area contributed by atoms with Gasteiger partial charge in [0.15, 0.2) is 0 Å². The molecule has 0 amide bonds. The molecule has 0 radical (unpaired) electrons. The van der Waals surface area contributed by atoms with Gasteiger partial charge in [0.25, 0.3) is 0 Å². The van der Waals surface area contributed by atoms with Crippen LogP contribution in [-0.4, -0.2) is 12.6 Å². The van der Waals surface area contributed by atoms with E-state index >= 15 is 0 Å². The molecule has 0 heterocycles. The molecular weight excluding hydrogens is 428 g/mol. The van der Waals surface area contributed by atoms with Crippen LogP contribution in [-0.2, 0) is 9.53 Å². The van der Waals surface area contributed by atoms with Gasteiger partial charge in [0.05, 0.1) is 6.61 Å². The van der Waals surface area contributed by atoms with Crippen molar-refractivity contribution >= 4 is 5.97 Å². The lowest BCUT2D eigenvalue weighted by Crippen LogP contribution is -2.05. The van der Waals surface area contributed by atoms with Gasteiger partial charge < -0.3 is 4.74 Å². The van der Waals surface area contributed by atoms with E-state index < -0.39 is 0 Å². The minimum Gasteiger partial charge on any atom is -0.466 e. The summed E-state index contributed by atoms with van der Waals surface area (Å²) in [6.07, 6.45) is 40.7. The molecule has 0 aromatic heterocycles. The van der Waals surface area contributed by atoms with E-state index in [0.717, 1.165) is 25.7 Å². The molecule has 206 valence electrons. The third-order valence-corrected chi connectivity index (χ3v) is 6.84. The van der Waals surface area contributed by atoms with Gasteiger partial charge in [0, 0.05) is 6.42 Å². The lowest BCUT2D eigenvalue weighted by atomic mass is 10.0. The number of carbonyl (C=O) groups excluding carboxylic acids is 1. The van der Waals surface area contributed by atoms with Gasteiger partial charge in [0.2, 0.25) is 0 Å². The summed E-state index contributed by atoms with van der Waals surface area (Å²) < 4.78 is 5.41. The van der Waals surface area contributed by atoms with Gasteiger partial charge in [-0.2, -0.15) is 0 Å². The number of hydrogen-bond donors (Lipinski definition) is 0. The second kappa shape index (κ2) is 31.0. The molecule has 35 heavy (non-hydrogen) atoms. The van der Waals surface area contributed by atoms with Gasteiger partial charge in [-0.1, -0.05) is 154 Å². The lowest BCUT2D eigenvalue weighted by molar-refractivity contribution is -0.143. The molecule has 0 spiro atoms. The van der Waals surface area contributed by atoms with Crippen molar-refractivity contribution in [1.29, 1.82) is 0 Å². The highest BCUT2D eigenvalue weighted by molar-refractivity contribution is 5.69. The molecule has 0 bridgehead atoms. The van der Waals surface area contributed by atoms with Crippen molar-refractivity contribution in [2.24, 2.45) is 0 Å². The van der Waals surface area contributed by atoms with E-state index in [-0.39, 0.29) is 5.97 Å². The predicted molar refractivity (Wildman–Crippen MR) is 156 cm³/mol. The summed E-state index contributed by atoms with van der Waals surface area (Å²) in [5, 5.41) is 0. The van der Waals surface area contributed by atoms with Crippen molar-refractivity contribution in [3.8, 4) is 0 Å². The second-order valence-electron chi connectivity index (χ2n) is 10.4. The van der Waals surface area contributed by atoms with Crippen molar-refractivity contribution in [3.63, 3.8) is 0 Å². The van der Waals surface area contributed by atoms with Crippen LogP contribution in [0.15, 0.2) is 24.3 Å². The van der Waals surface area contributed by atoms with Crippen molar-refractivity contribution < 1.29 is 9.53 Å². The summed E-state index contributed by atoms with van der Waals surface area (Å²) in [7, 11) is 0. The Morgan fingerprint density at radius 1 is 0.486 bits per heavy atom. The molecule has 0 atom stereocenters. The van der Waals surface area contributed by atoms with E-state index in [1.165, 1.54) is 128 Å². The Morgan fingerprint density at radius 2 is 0.914 bits per heavy atom. The largest absolute Gasteiger partial charge is 0.466 e. The third-order valence-electron chi connectivity index (χ3n) is 6.84. The Kier molecular flexibility index (Phi) is 30.1. The van der Waals surface area contributed by atoms with Gasteiger partial charge >= 0.3 is 5.97 Å². The van der Waals surface area contributed by atoms with Crippen LogP contribution >= 0.6 is 0 Å². The maximum absolute atomic E-state index is 11.9. The van der Waals surface area contributed by atoms with Gasteiger partial charge in [-0.25, -0.2) is 0 Å². The fraction of sp³-hybridized carbons (Fsp3) is 0.848. The molecular formula is C33H62O2. The number of ether oxygens (including phenoxy) is 1. The van der Waals surface area contributed by atoms with E-state index in [0.29, 0.717) is 13.0 Å². The molecule has 2 nitrogen and oxygen atoms in total. The van der Waals surface area contributed by atoms with E-state index in [1.807, 2.05) is 0 Å². The van der Waals surface area contributed by atoms with Gasteiger partial charge in [0.1, 0.15) is 0 Å². The highest BCUT2D eigenvalue weighted by atomic mass is 16.5. The number of allylic oxidation sites excluding steroid dienone is 4. The predicted octanol–water partition coefficient (Wildman–Crippen LogP) is 11.4. The van der Waals surface area contributed by atoms with Crippen molar-refractivity contribution in [3.05, 3.63) is 24.3 Å². The highest BCUT2D eigenvalue weighted by Gasteiger charge is 2.02. The number of carbonyl (C=O) groups is 1. The zero-order valence-corrected chi connectivity index (χ0v) is 24.0. The van der Waals surface area contributed by atoms with E-state index in [4.69, 9.17) is 4.74 Å². The molecule has 0 saturated carbocycles. The van der Waals surface area contributed by atoms with E-state index in [9.17, 15) is 4.79 Å². The van der Waals surface area contributed by atoms with Crippen LogP contribution in [0.3, 0.4) is 0 Å². The zero-order valence-electron chi connectivity index (χ0n) is 24.0. The quantitative estimate of drug-likeness (QED) is 0.0619. The Labute approximate surface area is 220 Å². The van der Waals surface area contributed by atoms with Crippen LogP contribution in [0, 0.1) is 0 Å². The molecule has 0 aliphatic rings. The summed E-state index contributed by atoms with van der Waals surface area (Å²) in [5.41, 5.74) is 0. The minimum atomic E-state index is 0.00891. The second-order valence-corrected chi connectivity index (χ2v) is 10.4. The minimum absolute atomic E-state index is 0.00891. The molecule has 0 aliphatic carbocycles. The van der Waals surface area contributed by atoms with Crippen LogP contribution < -0.4 is 0 Å². The van der Waals surface area contributed by atoms with Crippen molar-refractivity contribution in [2.45, 2.75) is 174 Å². The first-order chi connectivity index (χ1) is 17.3. The van der Waals surface area contributed by atoms with Gasteiger partial charge in [-0.05, 0) is 38.5 Å². The van der Waals surface area contributed by atoms with E-state index in [2.05, 4.69) is 38.2 Å². The third kappa shape index (κ3) is 30.9. The molecule has 0 saturated heterocycles. The van der Waals surface area contributed by atoms with Crippen LogP contribution in [0.5, 0.6) is 0 Å². The summed E-state index contributed by atoms with van der Waals surface area (Å²) >= 11 is 0. The van der Waals surface area contributed by atoms with E-state index in [1.54, 1.807) is 0 Å². The Bertz CT molecular complexity index is 466. The summed E-state index contributed by atoms with van der Waals surface area (Å²) in [6.45, 7) is 5.14. The van der Waals surface area contributed by atoms with Crippen LogP contribution in [0.1, 0.15) is 174 Å². The van der Waals surface area contributed by atoms with Gasteiger partial charge in [-0.15, -0.1) is 0 Å². The standard InChI is InChI=1S/C33H62O2/c1-3-5-7-9-11-13-15-17-19-21-23-25-27-29-31-33(34)35-32-30-28-26-24-22-20-18-16-14-12-10-8-6-4-2/h9,11,15,17H,3-8,10,12-14,16,18-32H2,1-2H3/b11-9-,17-15-. The lowest BCUT2D eigenvalue weighted by Gasteiger charge is -2.05. The van der Waals surface area contributed by atoms with Crippen LogP contribution in [0.4, 0.5) is 0 Å². The number of esters is 1. The first-order valence-electron chi connectivity index (χ1n) is 15.8. The van der Waals surface area contributed by atoms with Gasteiger partial charge in [-0.3, -0.25) is 4.79 Å². The first-order valence-corrected chi connectivity index (χ1v) is 15.8. The molecule has 0 aromatic carbocycles. The SMILES string of the molecule is CCCC/C=C\C/C=C\CCCCCCCC(=O)OCCCCCCCCCCCCCCCC. The molecule has 0 fully saturated rings. The fourth-order valence-corrected chi connectivity index (χ4v) is 4.45. The molecule has 0 rings (SSSR count). The molecule has 0 unspecified atom stereocenters. The highest BCUT2D eigenvalue weighted by Crippen LogP contribution is 2.13.